The van der Waals surface area contributed by atoms with Crippen molar-refractivity contribution in [1.29, 1.82) is 5.26 Å². The summed E-state index contributed by atoms with van der Waals surface area (Å²) < 4.78 is 5.07. The molecule has 1 amide bonds. The van der Waals surface area contributed by atoms with Crippen LogP contribution in [0, 0.1) is 11.3 Å². The van der Waals surface area contributed by atoms with E-state index in [4.69, 9.17) is 15.1 Å². The maximum absolute atomic E-state index is 12.3. The lowest BCUT2D eigenvalue weighted by atomic mass is 10.0. The minimum absolute atomic E-state index is 0.242. The SMILES string of the molecule is COc1ccc(C(CC(=O)O)NC(=O)c2ccc(C#N)cc2)cc1. The number of aliphatic carboxylic acids is 1. The molecule has 0 aromatic heterocycles. The zero-order valence-electron chi connectivity index (χ0n) is 13.0. The molecule has 0 spiro atoms. The maximum atomic E-state index is 12.3. The van der Waals surface area contributed by atoms with Gasteiger partial charge >= 0.3 is 5.97 Å². The van der Waals surface area contributed by atoms with Gasteiger partial charge in [-0.1, -0.05) is 12.1 Å². The molecule has 6 nitrogen and oxygen atoms in total. The average molecular weight is 324 g/mol. The van der Waals surface area contributed by atoms with E-state index < -0.39 is 17.9 Å². The number of carboxylic acids is 1. The molecule has 0 radical (unpaired) electrons. The third-order valence-corrected chi connectivity index (χ3v) is 3.48. The topological polar surface area (TPSA) is 99.4 Å². The van der Waals surface area contributed by atoms with Crippen molar-refractivity contribution in [2.45, 2.75) is 12.5 Å². The number of methoxy groups -OCH3 is 1. The lowest BCUT2D eigenvalue weighted by Gasteiger charge is -2.18. The summed E-state index contributed by atoms with van der Waals surface area (Å²) >= 11 is 0. The highest BCUT2D eigenvalue weighted by Gasteiger charge is 2.19. The number of nitrogens with zero attached hydrogens (tertiary/aromatic N) is 1. The largest absolute Gasteiger partial charge is 0.497 e. The van der Waals surface area contributed by atoms with Crippen LogP contribution in [0.15, 0.2) is 48.5 Å². The molecular formula is C18H16N2O4. The lowest BCUT2D eigenvalue weighted by molar-refractivity contribution is -0.137. The minimum Gasteiger partial charge on any atom is -0.497 e. The van der Waals surface area contributed by atoms with Crippen LogP contribution in [0.25, 0.3) is 0 Å². The molecule has 0 saturated heterocycles. The van der Waals surface area contributed by atoms with Crippen molar-refractivity contribution in [2.24, 2.45) is 0 Å². The Balaban J connectivity index is 2.19. The van der Waals surface area contributed by atoms with Gasteiger partial charge in [-0.25, -0.2) is 0 Å². The first-order valence-electron chi connectivity index (χ1n) is 7.20. The van der Waals surface area contributed by atoms with Gasteiger partial charge in [0, 0.05) is 5.56 Å². The van der Waals surface area contributed by atoms with Gasteiger partial charge in [-0.3, -0.25) is 9.59 Å². The van der Waals surface area contributed by atoms with Crippen molar-refractivity contribution in [3.63, 3.8) is 0 Å². The van der Waals surface area contributed by atoms with E-state index in [1.807, 2.05) is 6.07 Å². The molecule has 24 heavy (non-hydrogen) atoms. The second kappa shape index (κ2) is 7.79. The molecule has 0 fully saturated rings. The molecule has 1 atom stereocenters. The molecule has 0 aliphatic rings. The summed E-state index contributed by atoms with van der Waals surface area (Å²) in [6.45, 7) is 0. The van der Waals surface area contributed by atoms with Crippen LogP contribution in [0.2, 0.25) is 0 Å². The number of nitrogens with one attached hydrogen (secondary N) is 1. The normalized spacial score (nSPS) is 11.2. The predicted molar refractivity (Wildman–Crippen MR) is 86.6 cm³/mol. The summed E-state index contributed by atoms with van der Waals surface area (Å²) in [5, 5.41) is 20.6. The van der Waals surface area contributed by atoms with Crippen LogP contribution in [0.1, 0.15) is 33.9 Å². The number of benzene rings is 2. The van der Waals surface area contributed by atoms with Crippen molar-refractivity contribution in [1.82, 2.24) is 5.32 Å². The summed E-state index contributed by atoms with van der Waals surface area (Å²) in [6.07, 6.45) is -0.242. The van der Waals surface area contributed by atoms with Crippen LogP contribution in [-0.2, 0) is 4.79 Å². The van der Waals surface area contributed by atoms with Gasteiger partial charge in [-0.05, 0) is 42.0 Å². The van der Waals surface area contributed by atoms with E-state index >= 15 is 0 Å². The fourth-order valence-corrected chi connectivity index (χ4v) is 2.20. The summed E-state index contributed by atoms with van der Waals surface area (Å²) in [4.78, 5) is 23.4. The second-order valence-corrected chi connectivity index (χ2v) is 5.09. The van der Waals surface area contributed by atoms with Crippen LogP contribution in [0.4, 0.5) is 0 Å². The van der Waals surface area contributed by atoms with Gasteiger partial charge in [-0.2, -0.15) is 5.26 Å². The van der Waals surface area contributed by atoms with Gasteiger partial charge in [0.1, 0.15) is 5.75 Å². The standard InChI is InChI=1S/C18H16N2O4/c1-24-15-8-6-13(7-9-15)16(10-17(21)22)20-18(23)14-4-2-12(11-19)3-5-14/h2-9,16H,10H2,1H3,(H,20,23)(H,21,22). The molecule has 2 aromatic carbocycles. The maximum Gasteiger partial charge on any atom is 0.305 e. The summed E-state index contributed by atoms with van der Waals surface area (Å²) in [6, 6.07) is 14.3. The molecule has 0 saturated carbocycles. The van der Waals surface area contributed by atoms with Crippen LogP contribution >= 0.6 is 0 Å². The lowest BCUT2D eigenvalue weighted by Crippen LogP contribution is -2.30. The fourth-order valence-electron chi connectivity index (χ4n) is 2.20. The minimum atomic E-state index is -1.02. The Morgan fingerprint density at radius 3 is 2.29 bits per heavy atom. The number of carbonyl (C=O) groups excluding carboxylic acids is 1. The molecule has 0 aliphatic carbocycles. The summed E-state index contributed by atoms with van der Waals surface area (Å²) in [5.41, 5.74) is 1.47. The van der Waals surface area contributed by atoms with Gasteiger partial charge in [0.05, 0.1) is 31.2 Å². The van der Waals surface area contributed by atoms with E-state index in [0.29, 0.717) is 22.4 Å². The van der Waals surface area contributed by atoms with Gasteiger partial charge in [0.15, 0.2) is 0 Å². The number of carboxylic acid groups (broad SMARTS) is 1. The van der Waals surface area contributed by atoms with Crippen LogP contribution in [-0.4, -0.2) is 24.1 Å². The number of hydrogen-bond acceptors (Lipinski definition) is 4. The van der Waals surface area contributed by atoms with Gasteiger partial charge in [0.25, 0.3) is 5.91 Å². The molecule has 0 aliphatic heterocycles. The van der Waals surface area contributed by atoms with Gasteiger partial charge in [0.2, 0.25) is 0 Å². The third-order valence-electron chi connectivity index (χ3n) is 3.48. The molecule has 2 aromatic rings. The number of nitriles is 1. The smallest absolute Gasteiger partial charge is 0.305 e. The van der Waals surface area contributed by atoms with E-state index in [0.717, 1.165) is 0 Å². The molecule has 0 heterocycles. The van der Waals surface area contributed by atoms with Crippen molar-refractivity contribution in [2.75, 3.05) is 7.11 Å². The van der Waals surface area contributed by atoms with Gasteiger partial charge < -0.3 is 15.2 Å². The van der Waals surface area contributed by atoms with E-state index in [2.05, 4.69) is 5.32 Å². The highest BCUT2D eigenvalue weighted by molar-refractivity contribution is 5.94. The van der Waals surface area contributed by atoms with E-state index in [9.17, 15) is 9.59 Å². The van der Waals surface area contributed by atoms with Crippen LogP contribution in [0.5, 0.6) is 5.75 Å². The monoisotopic (exact) mass is 324 g/mol. The van der Waals surface area contributed by atoms with Crippen LogP contribution < -0.4 is 10.1 Å². The predicted octanol–water partition coefficient (Wildman–Crippen LogP) is 2.51. The van der Waals surface area contributed by atoms with E-state index in [1.165, 1.54) is 31.4 Å². The molecule has 1 unspecified atom stereocenters. The number of hydrogen-bond donors (Lipinski definition) is 2. The fraction of sp³-hybridized carbons (Fsp3) is 0.167. The Bertz CT molecular complexity index is 761. The van der Waals surface area contributed by atoms with Crippen molar-refractivity contribution in [3.8, 4) is 11.8 Å². The average Bonchev–Trinajstić information content (AvgIpc) is 2.61. The quantitative estimate of drug-likeness (QED) is 0.850. The molecular weight excluding hydrogens is 308 g/mol. The number of amides is 1. The Kier molecular flexibility index (Phi) is 5.53. The Morgan fingerprint density at radius 2 is 1.79 bits per heavy atom. The van der Waals surface area contributed by atoms with Crippen molar-refractivity contribution >= 4 is 11.9 Å². The first kappa shape index (κ1) is 17.0. The molecule has 0 bridgehead atoms. The Hall–Kier alpha value is -3.33. The van der Waals surface area contributed by atoms with Crippen molar-refractivity contribution in [3.05, 3.63) is 65.2 Å². The zero-order valence-corrected chi connectivity index (χ0v) is 13.0. The third kappa shape index (κ3) is 4.34. The first-order chi connectivity index (χ1) is 11.5. The second-order valence-electron chi connectivity index (χ2n) is 5.09. The van der Waals surface area contributed by atoms with E-state index in [-0.39, 0.29) is 6.42 Å². The Labute approximate surface area is 139 Å². The van der Waals surface area contributed by atoms with Crippen molar-refractivity contribution < 1.29 is 19.4 Å². The summed E-state index contributed by atoms with van der Waals surface area (Å²) in [7, 11) is 1.54. The highest BCUT2D eigenvalue weighted by atomic mass is 16.5. The Morgan fingerprint density at radius 1 is 1.17 bits per heavy atom. The zero-order chi connectivity index (χ0) is 17.5. The first-order valence-corrected chi connectivity index (χ1v) is 7.20. The number of ether oxygens (including phenoxy) is 1. The molecule has 2 rings (SSSR count). The molecule has 2 N–H and O–H groups in total. The number of rotatable bonds is 6. The molecule has 6 heteroatoms. The number of carbonyl (C=O) groups is 2. The van der Waals surface area contributed by atoms with Gasteiger partial charge in [-0.15, -0.1) is 0 Å². The van der Waals surface area contributed by atoms with E-state index in [1.54, 1.807) is 24.3 Å². The highest BCUT2D eigenvalue weighted by Crippen LogP contribution is 2.21. The molecule has 122 valence electrons. The van der Waals surface area contributed by atoms with Crippen LogP contribution in [0.3, 0.4) is 0 Å². The summed E-state index contributed by atoms with van der Waals surface area (Å²) in [5.74, 6) is -0.774.